The highest BCUT2D eigenvalue weighted by Crippen LogP contribution is 2.33. The zero-order valence-corrected chi connectivity index (χ0v) is 14.2. The second-order valence-electron chi connectivity index (χ2n) is 4.66. The van der Waals surface area contributed by atoms with Crippen LogP contribution in [0.5, 0.6) is 0 Å². The fourth-order valence-corrected chi connectivity index (χ4v) is 3.41. The van der Waals surface area contributed by atoms with Crippen LogP contribution in [0.2, 0.25) is 0 Å². The first-order chi connectivity index (χ1) is 9.82. The summed E-state index contributed by atoms with van der Waals surface area (Å²) in [5, 5.41) is 12.4. The van der Waals surface area contributed by atoms with Gasteiger partial charge in [-0.15, -0.1) is 11.3 Å². The van der Waals surface area contributed by atoms with E-state index in [0.29, 0.717) is 16.1 Å². The number of benzene rings is 1. The lowest BCUT2D eigenvalue weighted by molar-refractivity contribution is 0.0697. The molecule has 0 spiro atoms. The van der Waals surface area contributed by atoms with Crippen molar-refractivity contribution in [2.24, 2.45) is 0 Å². The van der Waals surface area contributed by atoms with Gasteiger partial charge in [0.15, 0.2) is 0 Å². The van der Waals surface area contributed by atoms with E-state index in [2.05, 4.69) is 21.2 Å². The molecular weight excluding hydrogens is 354 g/mol. The standard InChI is InChI=1S/C15H14BrNO3S/c1-7-9(3)21-14(12(7)15(19)20)17-13(18)10-5-4-6-11(16)8(10)2/h4-6H,1-3H3,(H,17,18)(H,19,20). The van der Waals surface area contributed by atoms with Crippen molar-refractivity contribution in [3.63, 3.8) is 0 Å². The number of hydrogen-bond donors (Lipinski definition) is 2. The summed E-state index contributed by atoms with van der Waals surface area (Å²) in [6, 6.07) is 5.34. The summed E-state index contributed by atoms with van der Waals surface area (Å²) in [7, 11) is 0. The van der Waals surface area contributed by atoms with Gasteiger partial charge in [0.05, 0.1) is 5.56 Å². The van der Waals surface area contributed by atoms with Gasteiger partial charge < -0.3 is 10.4 Å². The first-order valence-electron chi connectivity index (χ1n) is 6.22. The molecule has 0 aliphatic carbocycles. The minimum atomic E-state index is -1.03. The van der Waals surface area contributed by atoms with E-state index in [1.807, 2.05) is 19.9 Å². The first-order valence-corrected chi connectivity index (χ1v) is 7.83. The summed E-state index contributed by atoms with van der Waals surface area (Å²) >= 11 is 4.66. The maximum absolute atomic E-state index is 12.4. The minimum Gasteiger partial charge on any atom is -0.478 e. The van der Waals surface area contributed by atoms with Crippen LogP contribution in [0.15, 0.2) is 22.7 Å². The Bertz CT molecular complexity index is 737. The number of carbonyl (C=O) groups excluding carboxylic acids is 1. The summed E-state index contributed by atoms with van der Waals surface area (Å²) in [6.07, 6.45) is 0. The normalized spacial score (nSPS) is 10.5. The van der Waals surface area contributed by atoms with Crippen molar-refractivity contribution in [2.45, 2.75) is 20.8 Å². The number of anilines is 1. The van der Waals surface area contributed by atoms with Crippen LogP contribution in [0.1, 0.15) is 36.7 Å². The average Bonchev–Trinajstić information content (AvgIpc) is 2.67. The Morgan fingerprint density at radius 3 is 2.48 bits per heavy atom. The van der Waals surface area contributed by atoms with Crippen LogP contribution in [-0.4, -0.2) is 17.0 Å². The van der Waals surface area contributed by atoms with Crippen LogP contribution in [0.4, 0.5) is 5.00 Å². The predicted molar refractivity (Wildman–Crippen MR) is 87.6 cm³/mol. The number of thiophene rings is 1. The monoisotopic (exact) mass is 367 g/mol. The molecule has 6 heteroatoms. The van der Waals surface area contributed by atoms with Gasteiger partial charge in [0, 0.05) is 14.9 Å². The van der Waals surface area contributed by atoms with E-state index in [1.54, 1.807) is 19.1 Å². The third-order valence-corrected chi connectivity index (χ3v) is 5.32. The van der Waals surface area contributed by atoms with Crippen molar-refractivity contribution < 1.29 is 14.7 Å². The quantitative estimate of drug-likeness (QED) is 0.845. The average molecular weight is 368 g/mol. The molecule has 2 aromatic rings. The maximum Gasteiger partial charge on any atom is 0.338 e. The summed E-state index contributed by atoms with van der Waals surface area (Å²) < 4.78 is 0.840. The predicted octanol–water partition coefficient (Wildman–Crippen LogP) is 4.39. The van der Waals surface area contributed by atoms with E-state index < -0.39 is 5.97 Å². The topological polar surface area (TPSA) is 66.4 Å². The van der Waals surface area contributed by atoms with Crippen molar-refractivity contribution in [1.82, 2.24) is 0 Å². The number of nitrogens with one attached hydrogen (secondary N) is 1. The lowest BCUT2D eigenvalue weighted by atomic mass is 10.1. The van der Waals surface area contributed by atoms with Gasteiger partial charge in [-0.1, -0.05) is 22.0 Å². The number of carboxylic acid groups (broad SMARTS) is 1. The maximum atomic E-state index is 12.4. The van der Waals surface area contributed by atoms with Gasteiger partial charge >= 0.3 is 5.97 Å². The van der Waals surface area contributed by atoms with Crippen molar-refractivity contribution in [2.75, 3.05) is 5.32 Å². The fourth-order valence-electron chi connectivity index (χ4n) is 2.00. The van der Waals surface area contributed by atoms with Crippen molar-refractivity contribution in [3.05, 3.63) is 49.8 Å². The van der Waals surface area contributed by atoms with Crippen LogP contribution >= 0.6 is 27.3 Å². The number of hydrogen-bond acceptors (Lipinski definition) is 3. The molecule has 1 amide bonds. The second-order valence-corrected chi connectivity index (χ2v) is 6.74. The van der Waals surface area contributed by atoms with Gasteiger partial charge in [0.25, 0.3) is 5.91 Å². The van der Waals surface area contributed by atoms with Gasteiger partial charge in [-0.3, -0.25) is 4.79 Å². The molecule has 21 heavy (non-hydrogen) atoms. The molecule has 2 N–H and O–H groups in total. The third kappa shape index (κ3) is 3.01. The second kappa shape index (κ2) is 5.99. The highest BCUT2D eigenvalue weighted by molar-refractivity contribution is 9.10. The third-order valence-electron chi connectivity index (χ3n) is 3.34. The van der Waals surface area contributed by atoms with Crippen LogP contribution < -0.4 is 5.32 Å². The molecule has 0 fully saturated rings. The Labute approximate surface area is 134 Å². The van der Waals surface area contributed by atoms with E-state index >= 15 is 0 Å². The molecule has 0 bridgehead atoms. The number of amides is 1. The molecule has 1 heterocycles. The van der Waals surface area contributed by atoms with E-state index in [9.17, 15) is 14.7 Å². The summed E-state index contributed by atoms with van der Waals surface area (Å²) in [5.74, 6) is -1.34. The fraction of sp³-hybridized carbons (Fsp3) is 0.200. The van der Waals surface area contributed by atoms with Crippen molar-refractivity contribution in [1.29, 1.82) is 0 Å². The van der Waals surface area contributed by atoms with Gasteiger partial charge in [-0.05, 0) is 44.0 Å². The SMILES string of the molecule is Cc1sc(NC(=O)c2cccc(Br)c2C)c(C(=O)O)c1C. The molecule has 0 unspecified atom stereocenters. The number of aryl methyl sites for hydroxylation is 1. The number of halogens is 1. The van der Waals surface area contributed by atoms with Gasteiger partial charge in [-0.25, -0.2) is 4.79 Å². The largest absolute Gasteiger partial charge is 0.478 e. The summed E-state index contributed by atoms with van der Waals surface area (Å²) in [6.45, 7) is 5.42. The van der Waals surface area contributed by atoms with Crippen LogP contribution in [0, 0.1) is 20.8 Å². The highest BCUT2D eigenvalue weighted by Gasteiger charge is 2.21. The smallest absolute Gasteiger partial charge is 0.338 e. The summed E-state index contributed by atoms with van der Waals surface area (Å²) in [4.78, 5) is 24.6. The summed E-state index contributed by atoms with van der Waals surface area (Å²) in [5.41, 5.74) is 2.19. The van der Waals surface area contributed by atoms with E-state index in [0.717, 1.165) is 14.9 Å². The zero-order chi connectivity index (χ0) is 15.7. The van der Waals surface area contributed by atoms with Gasteiger partial charge in [0.2, 0.25) is 0 Å². The number of aromatic carboxylic acids is 1. The minimum absolute atomic E-state index is 0.165. The Hall–Kier alpha value is -1.66. The van der Waals surface area contributed by atoms with E-state index in [1.165, 1.54) is 11.3 Å². The molecule has 0 saturated carbocycles. The number of carbonyl (C=O) groups is 2. The van der Waals surface area contributed by atoms with Crippen molar-refractivity contribution >= 4 is 44.1 Å². The van der Waals surface area contributed by atoms with Crippen LogP contribution in [0.25, 0.3) is 0 Å². The van der Waals surface area contributed by atoms with E-state index in [4.69, 9.17) is 0 Å². The molecule has 0 aliphatic rings. The Morgan fingerprint density at radius 2 is 1.86 bits per heavy atom. The number of carboxylic acids is 1. The molecule has 110 valence electrons. The van der Waals surface area contributed by atoms with Crippen molar-refractivity contribution in [3.8, 4) is 0 Å². The molecule has 0 aliphatic heterocycles. The molecule has 0 atom stereocenters. The lowest BCUT2D eigenvalue weighted by Crippen LogP contribution is -2.15. The molecule has 1 aromatic carbocycles. The molecule has 1 aromatic heterocycles. The lowest BCUT2D eigenvalue weighted by Gasteiger charge is -2.08. The first kappa shape index (κ1) is 15.7. The van der Waals surface area contributed by atoms with E-state index in [-0.39, 0.29) is 11.5 Å². The van der Waals surface area contributed by atoms with Crippen LogP contribution in [-0.2, 0) is 0 Å². The molecule has 0 saturated heterocycles. The number of rotatable bonds is 3. The van der Waals surface area contributed by atoms with Gasteiger partial charge in [-0.2, -0.15) is 0 Å². The Balaban J connectivity index is 2.39. The highest BCUT2D eigenvalue weighted by atomic mass is 79.9. The molecule has 0 radical (unpaired) electrons. The Kier molecular flexibility index (Phi) is 4.49. The van der Waals surface area contributed by atoms with Gasteiger partial charge in [0.1, 0.15) is 5.00 Å². The molecule has 4 nitrogen and oxygen atoms in total. The zero-order valence-electron chi connectivity index (χ0n) is 11.8. The molecular formula is C15H14BrNO3S. The Morgan fingerprint density at radius 1 is 1.19 bits per heavy atom. The van der Waals surface area contributed by atoms with Crippen LogP contribution in [0.3, 0.4) is 0 Å². The molecule has 2 rings (SSSR count).